The Morgan fingerprint density at radius 2 is 1.85 bits per heavy atom. The molecule has 6 nitrogen and oxygen atoms in total. The fourth-order valence-corrected chi connectivity index (χ4v) is 2.96. The lowest BCUT2D eigenvalue weighted by Gasteiger charge is -2.29. The summed E-state index contributed by atoms with van der Waals surface area (Å²) in [7, 11) is 0. The van der Waals surface area contributed by atoms with Crippen LogP contribution in [0.3, 0.4) is 0 Å². The van der Waals surface area contributed by atoms with Crippen LogP contribution in [0.15, 0.2) is 24.3 Å². The Morgan fingerprint density at radius 1 is 1.19 bits per heavy atom. The van der Waals surface area contributed by atoms with Gasteiger partial charge in [0.05, 0.1) is 19.1 Å². The number of hydrogen-bond donors (Lipinski definition) is 1. The van der Waals surface area contributed by atoms with Gasteiger partial charge >= 0.3 is 12.6 Å². The van der Waals surface area contributed by atoms with Crippen molar-refractivity contribution in [2.45, 2.75) is 32.0 Å². The third-order valence-electron chi connectivity index (χ3n) is 4.38. The van der Waals surface area contributed by atoms with E-state index in [1.54, 1.807) is 18.2 Å². The van der Waals surface area contributed by atoms with Crippen LogP contribution in [0.4, 0.5) is 13.2 Å². The van der Waals surface area contributed by atoms with Gasteiger partial charge in [-0.15, -0.1) is 0 Å². The zero-order valence-corrected chi connectivity index (χ0v) is 14.7. The zero-order chi connectivity index (χ0) is 19.8. The van der Waals surface area contributed by atoms with Crippen molar-refractivity contribution in [3.8, 4) is 5.75 Å². The first-order valence-electron chi connectivity index (χ1n) is 8.66. The molecule has 0 radical (unpaired) electrons. The van der Waals surface area contributed by atoms with Gasteiger partial charge in [-0.2, -0.15) is 8.78 Å². The summed E-state index contributed by atoms with van der Waals surface area (Å²) in [6.07, 6.45) is -1.83. The van der Waals surface area contributed by atoms with Gasteiger partial charge < -0.3 is 19.5 Å². The number of nitrogens with zero attached hydrogens (tertiary/aromatic N) is 1. The third-order valence-corrected chi connectivity index (χ3v) is 4.38. The van der Waals surface area contributed by atoms with Crippen LogP contribution < -0.4 is 4.74 Å². The lowest BCUT2D eigenvalue weighted by molar-refractivity contribution is -0.153. The van der Waals surface area contributed by atoms with Gasteiger partial charge in [0.1, 0.15) is 5.75 Å². The summed E-state index contributed by atoms with van der Waals surface area (Å²) in [6, 6.07) is 6.15. The van der Waals surface area contributed by atoms with Crippen molar-refractivity contribution in [1.29, 1.82) is 0 Å². The Kier molecular flexibility index (Phi) is 7.90. The molecule has 2 atom stereocenters. The molecule has 1 unspecified atom stereocenters. The summed E-state index contributed by atoms with van der Waals surface area (Å²) >= 11 is 0. The highest BCUT2D eigenvalue weighted by Gasteiger charge is 2.36. The normalized spacial score (nSPS) is 16.8. The molecule has 1 saturated heterocycles. The van der Waals surface area contributed by atoms with E-state index in [0.29, 0.717) is 5.56 Å². The van der Waals surface area contributed by atoms with Gasteiger partial charge in [-0.25, -0.2) is 4.39 Å². The van der Waals surface area contributed by atoms with Gasteiger partial charge in [-0.05, 0) is 30.9 Å². The van der Waals surface area contributed by atoms with E-state index in [-0.39, 0.29) is 51.3 Å². The number of rotatable bonds is 9. The molecule has 1 N–H and O–H groups in total. The summed E-state index contributed by atoms with van der Waals surface area (Å²) in [5.74, 6) is -3.75. The van der Waals surface area contributed by atoms with Crippen molar-refractivity contribution in [3.05, 3.63) is 29.8 Å². The standard InChI is InChI=1S/C18H22F3NO5/c19-15(16(23)22-8-10-26-11-9-22)13(17(24)25)6-3-5-12-4-1-2-7-14(12)27-18(20)21/h1-2,4,7,13,15,18H,3,5-6,8-11H2,(H,24,25)/t13?,15-/m0/s1. The SMILES string of the molecule is O=C(O)C(CCCc1ccccc1OC(F)F)[C@H](F)C(=O)N1CCOCC1. The van der Waals surface area contributed by atoms with E-state index in [1.165, 1.54) is 11.0 Å². The molecule has 0 bridgehead atoms. The Balaban J connectivity index is 1.94. The molecule has 1 fully saturated rings. The van der Waals surface area contributed by atoms with E-state index >= 15 is 0 Å². The topological polar surface area (TPSA) is 76.1 Å². The van der Waals surface area contributed by atoms with Crippen molar-refractivity contribution < 1.29 is 37.3 Å². The van der Waals surface area contributed by atoms with E-state index in [1.807, 2.05) is 0 Å². The van der Waals surface area contributed by atoms with E-state index in [0.717, 1.165) is 0 Å². The molecular formula is C18H22F3NO5. The molecule has 150 valence electrons. The number of alkyl halides is 3. The molecule has 0 spiro atoms. The predicted octanol–water partition coefficient (Wildman–Crippen LogP) is 2.51. The lowest BCUT2D eigenvalue weighted by atomic mass is 9.94. The van der Waals surface area contributed by atoms with E-state index < -0.39 is 30.6 Å². The summed E-state index contributed by atoms with van der Waals surface area (Å²) in [4.78, 5) is 24.9. The number of aryl methyl sites for hydroxylation is 1. The van der Waals surface area contributed by atoms with Crippen LogP contribution in [-0.2, 0) is 20.7 Å². The summed E-state index contributed by atoms with van der Waals surface area (Å²) in [6.45, 7) is -1.94. The van der Waals surface area contributed by atoms with Gasteiger partial charge in [0.2, 0.25) is 0 Å². The first kappa shape index (κ1) is 21.0. The first-order valence-corrected chi connectivity index (χ1v) is 8.66. The zero-order valence-electron chi connectivity index (χ0n) is 14.7. The highest BCUT2D eigenvalue weighted by atomic mass is 19.3. The van der Waals surface area contributed by atoms with Crippen molar-refractivity contribution in [2.75, 3.05) is 26.3 Å². The third kappa shape index (κ3) is 6.13. The van der Waals surface area contributed by atoms with Crippen molar-refractivity contribution in [1.82, 2.24) is 4.90 Å². The molecule has 1 aromatic carbocycles. The Hall–Kier alpha value is -2.29. The Morgan fingerprint density at radius 3 is 2.48 bits per heavy atom. The Bertz CT molecular complexity index is 637. The predicted molar refractivity (Wildman–Crippen MR) is 89.4 cm³/mol. The number of para-hydroxylation sites is 1. The number of amides is 1. The average molecular weight is 389 g/mol. The number of hydrogen-bond acceptors (Lipinski definition) is 4. The Labute approximate surface area is 154 Å². The fraction of sp³-hybridized carbons (Fsp3) is 0.556. The summed E-state index contributed by atoms with van der Waals surface area (Å²) in [5.41, 5.74) is 0.469. The van der Waals surface area contributed by atoms with E-state index in [2.05, 4.69) is 4.74 Å². The minimum absolute atomic E-state index is 0.000525. The number of morpholine rings is 1. The van der Waals surface area contributed by atoms with Crippen LogP contribution in [0.2, 0.25) is 0 Å². The molecule has 0 aliphatic carbocycles. The molecule has 9 heteroatoms. The molecule has 1 aromatic rings. The van der Waals surface area contributed by atoms with Crippen LogP contribution in [0, 0.1) is 5.92 Å². The minimum Gasteiger partial charge on any atom is -0.481 e. The van der Waals surface area contributed by atoms with Crippen LogP contribution in [-0.4, -0.2) is 61.0 Å². The molecule has 1 amide bonds. The summed E-state index contributed by atoms with van der Waals surface area (Å²) < 4.78 is 48.9. The van der Waals surface area contributed by atoms with Gasteiger partial charge in [0, 0.05) is 13.1 Å². The molecule has 0 saturated carbocycles. The molecule has 0 aromatic heterocycles. The van der Waals surface area contributed by atoms with Crippen LogP contribution in [0.1, 0.15) is 18.4 Å². The number of ether oxygens (including phenoxy) is 2. The van der Waals surface area contributed by atoms with Crippen LogP contribution in [0.25, 0.3) is 0 Å². The number of benzene rings is 1. The van der Waals surface area contributed by atoms with Gasteiger partial charge in [0.15, 0.2) is 6.17 Å². The second-order valence-electron chi connectivity index (χ2n) is 6.16. The van der Waals surface area contributed by atoms with Crippen LogP contribution >= 0.6 is 0 Å². The van der Waals surface area contributed by atoms with Gasteiger partial charge in [0.25, 0.3) is 5.91 Å². The highest BCUT2D eigenvalue weighted by Crippen LogP contribution is 2.25. The van der Waals surface area contributed by atoms with Crippen LogP contribution in [0.5, 0.6) is 5.75 Å². The molecule has 1 heterocycles. The molecule has 27 heavy (non-hydrogen) atoms. The average Bonchev–Trinajstić information content (AvgIpc) is 2.65. The maximum absolute atomic E-state index is 14.5. The molecule has 2 rings (SSSR count). The number of carbonyl (C=O) groups excluding carboxylic acids is 1. The van der Waals surface area contributed by atoms with Gasteiger partial charge in [-0.3, -0.25) is 9.59 Å². The second-order valence-corrected chi connectivity index (χ2v) is 6.16. The first-order chi connectivity index (χ1) is 12.9. The maximum Gasteiger partial charge on any atom is 0.387 e. The van der Waals surface area contributed by atoms with E-state index in [9.17, 15) is 27.9 Å². The van der Waals surface area contributed by atoms with Crippen molar-refractivity contribution >= 4 is 11.9 Å². The van der Waals surface area contributed by atoms with E-state index in [4.69, 9.17) is 4.74 Å². The smallest absolute Gasteiger partial charge is 0.387 e. The number of aliphatic carboxylic acids is 1. The molecular weight excluding hydrogens is 367 g/mol. The van der Waals surface area contributed by atoms with Crippen molar-refractivity contribution in [3.63, 3.8) is 0 Å². The number of carboxylic acid groups (broad SMARTS) is 1. The maximum atomic E-state index is 14.5. The van der Waals surface area contributed by atoms with Gasteiger partial charge in [-0.1, -0.05) is 18.2 Å². The lowest BCUT2D eigenvalue weighted by Crippen LogP contribution is -2.47. The summed E-state index contributed by atoms with van der Waals surface area (Å²) in [5, 5.41) is 9.30. The number of carboxylic acids is 1. The molecule has 1 aliphatic rings. The fourth-order valence-electron chi connectivity index (χ4n) is 2.96. The minimum atomic E-state index is -2.97. The highest BCUT2D eigenvalue weighted by molar-refractivity contribution is 5.86. The quantitative estimate of drug-likeness (QED) is 0.702. The largest absolute Gasteiger partial charge is 0.481 e. The number of carbonyl (C=O) groups is 2. The monoisotopic (exact) mass is 389 g/mol. The second kappa shape index (κ2) is 10.1. The van der Waals surface area contributed by atoms with Crippen molar-refractivity contribution in [2.24, 2.45) is 5.92 Å². The molecule has 1 aliphatic heterocycles. The number of halogens is 3.